The van der Waals surface area contributed by atoms with Crippen LogP contribution >= 0.6 is 0 Å². The molecule has 11 nitrogen and oxygen atoms in total. The SMILES string of the molecule is CCn1cc2[nH]c(=O)c(-c3nc4c(F)c(OC)c(OC)cc4[nH]3)c(N[C@@H](C)c3ncccn3)c2n1. The zero-order valence-corrected chi connectivity index (χ0v) is 19.5. The Labute approximate surface area is 198 Å². The average molecular weight is 478 g/mol. The molecule has 1 aromatic carbocycles. The van der Waals surface area contributed by atoms with E-state index in [1.807, 2.05) is 13.8 Å². The molecule has 0 saturated heterocycles. The summed E-state index contributed by atoms with van der Waals surface area (Å²) in [4.78, 5) is 32.2. The van der Waals surface area contributed by atoms with Crippen LogP contribution in [0.5, 0.6) is 11.5 Å². The molecule has 4 aromatic heterocycles. The predicted molar refractivity (Wildman–Crippen MR) is 128 cm³/mol. The maximum absolute atomic E-state index is 15.2. The van der Waals surface area contributed by atoms with E-state index in [9.17, 15) is 4.79 Å². The van der Waals surface area contributed by atoms with E-state index in [1.165, 1.54) is 14.2 Å². The van der Waals surface area contributed by atoms with E-state index in [0.717, 1.165) is 0 Å². The Morgan fingerprint density at radius 1 is 1.14 bits per heavy atom. The second-order valence-electron chi connectivity index (χ2n) is 7.83. The van der Waals surface area contributed by atoms with Crippen LogP contribution in [0.3, 0.4) is 0 Å². The molecule has 0 amide bonds. The van der Waals surface area contributed by atoms with Crippen LogP contribution in [-0.2, 0) is 6.54 Å². The summed E-state index contributed by atoms with van der Waals surface area (Å²) in [5.41, 5.74) is 1.62. The van der Waals surface area contributed by atoms with Gasteiger partial charge in [0, 0.05) is 31.2 Å². The number of nitrogens with one attached hydrogen (secondary N) is 3. The lowest BCUT2D eigenvalue weighted by Crippen LogP contribution is -2.17. The van der Waals surface area contributed by atoms with Gasteiger partial charge in [0.1, 0.15) is 28.2 Å². The Morgan fingerprint density at radius 3 is 2.60 bits per heavy atom. The molecule has 0 aliphatic rings. The molecule has 0 fully saturated rings. The fourth-order valence-corrected chi connectivity index (χ4v) is 3.99. The number of anilines is 1. The lowest BCUT2D eigenvalue weighted by atomic mass is 10.1. The molecule has 0 aliphatic carbocycles. The molecular weight excluding hydrogens is 455 g/mol. The lowest BCUT2D eigenvalue weighted by molar-refractivity contribution is 0.339. The van der Waals surface area contributed by atoms with Crippen LogP contribution in [0.4, 0.5) is 10.1 Å². The standard InChI is InChI=1S/C23H23FN8O3/c1-5-32-10-13-18(31-32)19(27-11(2)21-25-7-6-8-26-21)15(23(33)29-13)22-28-12-9-14(34-3)20(35-4)16(24)17(12)30-22/h6-11,27H,5H2,1-4H3,(H,28,30)(H,29,33)/t11-/m0/s1. The lowest BCUT2D eigenvalue weighted by Gasteiger charge is -2.16. The molecule has 0 aliphatic heterocycles. The third-order valence-electron chi connectivity index (χ3n) is 5.68. The van der Waals surface area contributed by atoms with Gasteiger partial charge in [-0.1, -0.05) is 0 Å². The number of rotatable bonds is 7. The predicted octanol–water partition coefficient (Wildman–Crippen LogP) is 3.41. The molecule has 0 saturated carbocycles. The molecule has 180 valence electrons. The van der Waals surface area contributed by atoms with Crippen molar-refractivity contribution < 1.29 is 13.9 Å². The highest BCUT2D eigenvalue weighted by Crippen LogP contribution is 2.38. The number of aromatic nitrogens is 7. The highest BCUT2D eigenvalue weighted by Gasteiger charge is 2.25. The van der Waals surface area contributed by atoms with E-state index in [0.29, 0.717) is 34.6 Å². The van der Waals surface area contributed by atoms with Gasteiger partial charge >= 0.3 is 0 Å². The fourth-order valence-electron chi connectivity index (χ4n) is 3.99. The first-order valence-corrected chi connectivity index (χ1v) is 10.9. The second kappa shape index (κ2) is 8.70. The van der Waals surface area contributed by atoms with Crippen LogP contribution < -0.4 is 20.3 Å². The first-order valence-electron chi connectivity index (χ1n) is 10.9. The van der Waals surface area contributed by atoms with E-state index < -0.39 is 11.4 Å². The molecular formula is C23H23FN8O3. The molecule has 4 heterocycles. The Morgan fingerprint density at radius 2 is 1.91 bits per heavy atom. The summed E-state index contributed by atoms with van der Waals surface area (Å²) in [5, 5.41) is 7.95. The van der Waals surface area contributed by atoms with Crippen molar-refractivity contribution in [2.75, 3.05) is 19.5 Å². The van der Waals surface area contributed by atoms with Crippen molar-refractivity contribution >= 4 is 27.8 Å². The molecule has 12 heteroatoms. The molecule has 0 bridgehead atoms. The number of pyridine rings is 1. The van der Waals surface area contributed by atoms with Gasteiger partial charge in [-0.2, -0.15) is 5.10 Å². The number of H-pyrrole nitrogens is 2. The minimum absolute atomic E-state index is 0.0154. The third-order valence-corrected chi connectivity index (χ3v) is 5.68. The Balaban J connectivity index is 1.75. The normalized spacial score (nSPS) is 12.3. The number of aryl methyl sites for hydroxylation is 1. The first kappa shape index (κ1) is 22.3. The van der Waals surface area contributed by atoms with Crippen LogP contribution in [0.1, 0.15) is 25.7 Å². The van der Waals surface area contributed by atoms with Crippen molar-refractivity contribution in [2.45, 2.75) is 26.4 Å². The van der Waals surface area contributed by atoms with Crippen molar-refractivity contribution in [3.05, 3.63) is 52.7 Å². The number of ether oxygens (including phenoxy) is 2. The number of aromatic amines is 2. The quantitative estimate of drug-likeness (QED) is 0.324. The molecule has 5 rings (SSSR count). The smallest absolute Gasteiger partial charge is 0.261 e. The van der Waals surface area contributed by atoms with Gasteiger partial charge in [-0.3, -0.25) is 9.48 Å². The molecule has 0 spiro atoms. The number of methoxy groups -OCH3 is 2. The minimum atomic E-state index is -0.697. The third kappa shape index (κ3) is 3.72. The molecule has 5 aromatic rings. The number of imidazole rings is 1. The van der Waals surface area contributed by atoms with Crippen molar-refractivity contribution in [1.82, 2.24) is 34.7 Å². The van der Waals surface area contributed by atoms with Crippen molar-refractivity contribution in [2.24, 2.45) is 0 Å². The van der Waals surface area contributed by atoms with E-state index in [-0.39, 0.29) is 34.4 Å². The van der Waals surface area contributed by atoms with Gasteiger partial charge in [-0.15, -0.1) is 0 Å². The first-order chi connectivity index (χ1) is 16.9. The minimum Gasteiger partial charge on any atom is -0.493 e. The molecule has 0 radical (unpaired) electrons. The van der Waals surface area contributed by atoms with Crippen LogP contribution in [0, 0.1) is 5.82 Å². The van der Waals surface area contributed by atoms with E-state index in [4.69, 9.17) is 9.47 Å². The van der Waals surface area contributed by atoms with Crippen molar-refractivity contribution in [1.29, 1.82) is 0 Å². The van der Waals surface area contributed by atoms with Crippen LogP contribution in [0.25, 0.3) is 33.5 Å². The summed E-state index contributed by atoms with van der Waals surface area (Å²) in [6.45, 7) is 4.43. The number of benzene rings is 1. The Bertz CT molecular complexity index is 1590. The van der Waals surface area contributed by atoms with Gasteiger partial charge in [0.25, 0.3) is 5.56 Å². The summed E-state index contributed by atoms with van der Waals surface area (Å²) in [7, 11) is 2.76. The molecule has 35 heavy (non-hydrogen) atoms. The summed E-state index contributed by atoms with van der Waals surface area (Å²) < 4.78 is 27.3. The monoisotopic (exact) mass is 478 g/mol. The fraction of sp³-hybridized carbons (Fsp3) is 0.261. The highest BCUT2D eigenvalue weighted by molar-refractivity contribution is 5.97. The van der Waals surface area contributed by atoms with Crippen LogP contribution in [-0.4, -0.2) is 48.9 Å². The maximum atomic E-state index is 15.2. The van der Waals surface area contributed by atoms with Gasteiger partial charge in [0.15, 0.2) is 17.3 Å². The van der Waals surface area contributed by atoms with E-state index >= 15 is 4.39 Å². The largest absolute Gasteiger partial charge is 0.493 e. The number of halogens is 1. The van der Waals surface area contributed by atoms with Gasteiger partial charge in [-0.05, 0) is 19.9 Å². The van der Waals surface area contributed by atoms with E-state index in [1.54, 1.807) is 35.4 Å². The van der Waals surface area contributed by atoms with Crippen molar-refractivity contribution in [3.63, 3.8) is 0 Å². The Kier molecular flexibility index (Phi) is 5.55. The van der Waals surface area contributed by atoms with Crippen LogP contribution in [0.15, 0.2) is 35.5 Å². The summed E-state index contributed by atoms with van der Waals surface area (Å²) in [6.07, 6.45) is 5.04. The van der Waals surface area contributed by atoms with Gasteiger partial charge < -0.3 is 24.8 Å². The van der Waals surface area contributed by atoms with Gasteiger partial charge in [-0.25, -0.2) is 19.3 Å². The second-order valence-corrected chi connectivity index (χ2v) is 7.83. The summed E-state index contributed by atoms with van der Waals surface area (Å²) in [5.74, 6) is 0.126. The number of hydrogen-bond donors (Lipinski definition) is 3. The molecule has 0 unspecified atom stereocenters. The summed E-state index contributed by atoms with van der Waals surface area (Å²) >= 11 is 0. The van der Waals surface area contributed by atoms with Crippen molar-refractivity contribution in [3.8, 4) is 22.9 Å². The number of hydrogen-bond acceptors (Lipinski definition) is 8. The highest BCUT2D eigenvalue weighted by atomic mass is 19.1. The molecule has 1 atom stereocenters. The Hall–Kier alpha value is -4.48. The topological polar surface area (TPSA) is 136 Å². The van der Waals surface area contributed by atoms with E-state index in [2.05, 4.69) is 35.3 Å². The zero-order valence-electron chi connectivity index (χ0n) is 19.5. The van der Waals surface area contributed by atoms with Gasteiger partial charge in [0.2, 0.25) is 0 Å². The molecule has 3 N–H and O–H groups in total. The zero-order chi connectivity index (χ0) is 24.7. The number of fused-ring (bicyclic) bond motifs is 2. The number of nitrogens with zero attached hydrogens (tertiary/aromatic N) is 5. The summed E-state index contributed by atoms with van der Waals surface area (Å²) in [6, 6.07) is 2.93. The van der Waals surface area contributed by atoms with Crippen LogP contribution in [0.2, 0.25) is 0 Å². The van der Waals surface area contributed by atoms with Gasteiger partial charge in [0.05, 0.1) is 37.0 Å². The maximum Gasteiger partial charge on any atom is 0.261 e. The average Bonchev–Trinajstić information content (AvgIpc) is 3.48.